The molecule has 2 aromatic carbocycles. The average Bonchev–Trinajstić information content (AvgIpc) is 2.51. The number of rotatable bonds is 7. The third kappa shape index (κ3) is 4.76. The fourth-order valence-corrected chi connectivity index (χ4v) is 2.20. The molecule has 0 atom stereocenters. The first-order valence-electron chi connectivity index (χ1n) is 7.00. The van der Waals surface area contributed by atoms with Crippen molar-refractivity contribution in [3.8, 4) is 11.5 Å². The topological polar surface area (TPSA) is 44.5 Å². The molecule has 2 rings (SSSR count). The Balaban J connectivity index is 1.73. The molecule has 2 aromatic rings. The Labute approximate surface area is 134 Å². The monoisotopic (exact) mass is 349 g/mol. The van der Waals surface area contributed by atoms with Crippen LogP contribution in [0.25, 0.3) is 0 Å². The zero-order valence-electron chi connectivity index (χ0n) is 12.1. The van der Waals surface area contributed by atoms with E-state index in [1.54, 1.807) is 0 Å². The molecule has 0 saturated heterocycles. The minimum Gasteiger partial charge on any atom is -0.493 e. The van der Waals surface area contributed by atoms with E-state index in [4.69, 9.17) is 15.2 Å². The van der Waals surface area contributed by atoms with E-state index in [9.17, 15) is 0 Å². The number of para-hydroxylation sites is 1. The summed E-state index contributed by atoms with van der Waals surface area (Å²) in [5.74, 6) is 1.75. The molecule has 0 unspecified atom stereocenters. The van der Waals surface area contributed by atoms with Crippen molar-refractivity contribution in [2.24, 2.45) is 5.73 Å². The SMILES string of the molecule is Cc1cc(OCCCOc2ccccc2CN)ccc1Br. The van der Waals surface area contributed by atoms with E-state index >= 15 is 0 Å². The van der Waals surface area contributed by atoms with Gasteiger partial charge in [-0.3, -0.25) is 0 Å². The van der Waals surface area contributed by atoms with Crippen molar-refractivity contribution >= 4 is 15.9 Å². The summed E-state index contributed by atoms with van der Waals surface area (Å²) in [4.78, 5) is 0. The van der Waals surface area contributed by atoms with Crippen molar-refractivity contribution in [2.75, 3.05) is 13.2 Å². The molecule has 3 nitrogen and oxygen atoms in total. The molecule has 0 spiro atoms. The van der Waals surface area contributed by atoms with Gasteiger partial charge in [0.1, 0.15) is 11.5 Å². The lowest BCUT2D eigenvalue weighted by molar-refractivity contribution is 0.246. The molecule has 0 bridgehead atoms. The Kier molecular flexibility index (Phi) is 6.08. The molecule has 0 aliphatic rings. The highest BCUT2D eigenvalue weighted by Crippen LogP contribution is 2.21. The molecule has 4 heteroatoms. The highest BCUT2D eigenvalue weighted by atomic mass is 79.9. The number of hydrogen-bond donors (Lipinski definition) is 1. The summed E-state index contributed by atoms with van der Waals surface area (Å²) >= 11 is 3.48. The van der Waals surface area contributed by atoms with Crippen molar-refractivity contribution in [3.63, 3.8) is 0 Å². The van der Waals surface area contributed by atoms with Crippen LogP contribution in [-0.4, -0.2) is 13.2 Å². The van der Waals surface area contributed by atoms with Crippen LogP contribution in [-0.2, 0) is 6.54 Å². The van der Waals surface area contributed by atoms with Gasteiger partial charge in [0.2, 0.25) is 0 Å². The number of aryl methyl sites for hydroxylation is 1. The van der Waals surface area contributed by atoms with Crippen molar-refractivity contribution < 1.29 is 9.47 Å². The highest BCUT2D eigenvalue weighted by Gasteiger charge is 2.01. The summed E-state index contributed by atoms with van der Waals surface area (Å²) in [6, 6.07) is 13.8. The first-order valence-corrected chi connectivity index (χ1v) is 7.79. The minimum atomic E-state index is 0.491. The van der Waals surface area contributed by atoms with Gasteiger partial charge in [-0.05, 0) is 36.8 Å². The van der Waals surface area contributed by atoms with Crippen molar-refractivity contribution in [2.45, 2.75) is 19.9 Å². The highest BCUT2D eigenvalue weighted by molar-refractivity contribution is 9.10. The molecule has 0 amide bonds. The Morgan fingerprint density at radius 1 is 1.05 bits per heavy atom. The van der Waals surface area contributed by atoms with Crippen molar-refractivity contribution in [3.05, 3.63) is 58.1 Å². The normalized spacial score (nSPS) is 10.4. The zero-order chi connectivity index (χ0) is 15.1. The maximum absolute atomic E-state index is 5.74. The largest absolute Gasteiger partial charge is 0.493 e. The number of benzene rings is 2. The van der Waals surface area contributed by atoms with E-state index < -0.39 is 0 Å². The molecular formula is C17H20BrNO2. The lowest BCUT2D eigenvalue weighted by Gasteiger charge is -2.11. The number of halogens is 1. The van der Waals surface area contributed by atoms with Gasteiger partial charge in [0.15, 0.2) is 0 Å². The lowest BCUT2D eigenvalue weighted by atomic mass is 10.2. The summed E-state index contributed by atoms with van der Waals surface area (Å²) in [7, 11) is 0. The maximum atomic E-state index is 5.74. The van der Waals surface area contributed by atoms with Gasteiger partial charge < -0.3 is 15.2 Å². The van der Waals surface area contributed by atoms with Gasteiger partial charge in [-0.1, -0.05) is 34.1 Å². The van der Waals surface area contributed by atoms with Crippen LogP contribution in [0.3, 0.4) is 0 Å². The Bertz CT molecular complexity index is 587. The minimum absolute atomic E-state index is 0.491. The van der Waals surface area contributed by atoms with E-state index in [1.807, 2.05) is 49.4 Å². The smallest absolute Gasteiger partial charge is 0.123 e. The van der Waals surface area contributed by atoms with Gasteiger partial charge in [-0.15, -0.1) is 0 Å². The van der Waals surface area contributed by atoms with Gasteiger partial charge in [-0.25, -0.2) is 0 Å². The first kappa shape index (κ1) is 15.9. The number of nitrogens with two attached hydrogens (primary N) is 1. The van der Waals surface area contributed by atoms with Crippen LogP contribution in [0.5, 0.6) is 11.5 Å². The quantitative estimate of drug-likeness (QED) is 0.766. The van der Waals surface area contributed by atoms with Gasteiger partial charge >= 0.3 is 0 Å². The molecule has 0 aliphatic carbocycles. The number of ether oxygens (including phenoxy) is 2. The fraction of sp³-hybridized carbons (Fsp3) is 0.294. The van der Waals surface area contributed by atoms with Gasteiger partial charge in [0, 0.05) is 23.0 Å². The average molecular weight is 350 g/mol. The molecule has 0 aromatic heterocycles. The maximum Gasteiger partial charge on any atom is 0.123 e. The van der Waals surface area contributed by atoms with Crippen LogP contribution in [0.15, 0.2) is 46.9 Å². The molecular weight excluding hydrogens is 330 g/mol. The molecule has 21 heavy (non-hydrogen) atoms. The van der Waals surface area contributed by atoms with Crippen LogP contribution >= 0.6 is 15.9 Å². The number of hydrogen-bond acceptors (Lipinski definition) is 3. The third-order valence-electron chi connectivity index (χ3n) is 3.14. The molecule has 0 aliphatic heterocycles. The second-order valence-electron chi connectivity index (χ2n) is 4.77. The summed E-state index contributed by atoms with van der Waals surface area (Å²) in [6.45, 7) is 3.78. The van der Waals surface area contributed by atoms with E-state index in [1.165, 1.54) is 5.56 Å². The van der Waals surface area contributed by atoms with E-state index in [2.05, 4.69) is 15.9 Å². The second-order valence-corrected chi connectivity index (χ2v) is 5.63. The van der Waals surface area contributed by atoms with E-state index in [0.29, 0.717) is 19.8 Å². The van der Waals surface area contributed by atoms with Crippen LogP contribution < -0.4 is 15.2 Å². The molecule has 112 valence electrons. The van der Waals surface area contributed by atoms with Crippen LogP contribution in [0.4, 0.5) is 0 Å². The van der Waals surface area contributed by atoms with Crippen LogP contribution in [0, 0.1) is 6.92 Å². The zero-order valence-corrected chi connectivity index (χ0v) is 13.7. The lowest BCUT2D eigenvalue weighted by Crippen LogP contribution is -2.07. The third-order valence-corrected chi connectivity index (χ3v) is 4.03. The molecule has 2 N–H and O–H groups in total. The predicted octanol–water partition coefficient (Wildman–Crippen LogP) is 4.06. The van der Waals surface area contributed by atoms with Gasteiger partial charge in [-0.2, -0.15) is 0 Å². The van der Waals surface area contributed by atoms with Crippen LogP contribution in [0.2, 0.25) is 0 Å². The Morgan fingerprint density at radius 3 is 2.57 bits per heavy atom. The molecule has 0 saturated carbocycles. The van der Waals surface area contributed by atoms with Gasteiger partial charge in [0.05, 0.1) is 13.2 Å². The first-order chi connectivity index (χ1) is 10.2. The summed E-state index contributed by atoms with van der Waals surface area (Å²) in [5.41, 5.74) is 7.87. The second kappa shape index (κ2) is 8.05. The standard InChI is InChI=1S/C17H20BrNO2/c1-13-11-15(7-8-16(13)18)20-9-4-10-21-17-6-3-2-5-14(17)12-19/h2-3,5-8,11H,4,9-10,12,19H2,1H3. The van der Waals surface area contributed by atoms with Crippen LogP contribution in [0.1, 0.15) is 17.5 Å². The van der Waals surface area contributed by atoms with Crippen molar-refractivity contribution in [1.29, 1.82) is 0 Å². The van der Waals surface area contributed by atoms with E-state index in [0.717, 1.165) is 28.0 Å². The molecule has 0 fully saturated rings. The fourth-order valence-electron chi connectivity index (χ4n) is 1.95. The molecule has 0 radical (unpaired) electrons. The summed E-state index contributed by atoms with van der Waals surface area (Å²) in [6.07, 6.45) is 0.827. The Hall–Kier alpha value is -1.52. The molecule has 0 heterocycles. The van der Waals surface area contributed by atoms with E-state index in [-0.39, 0.29) is 0 Å². The van der Waals surface area contributed by atoms with Crippen molar-refractivity contribution in [1.82, 2.24) is 0 Å². The summed E-state index contributed by atoms with van der Waals surface area (Å²) < 4.78 is 12.5. The predicted molar refractivity (Wildman–Crippen MR) is 88.8 cm³/mol. The Morgan fingerprint density at radius 2 is 1.81 bits per heavy atom. The summed E-state index contributed by atoms with van der Waals surface area (Å²) in [5, 5.41) is 0. The van der Waals surface area contributed by atoms with Gasteiger partial charge in [0.25, 0.3) is 0 Å².